The predicted molar refractivity (Wildman–Crippen MR) is 97.0 cm³/mol. The number of likely N-dealkylation sites (tertiary alicyclic amines) is 1. The first-order chi connectivity index (χ1) is 12.0. The molecule has 0 aromatic heterocycles. The lowest BCUT2D eigenvalue weighted by atomic mass is 9.77. The largest absolute Gasteiger partial charge is 0.496 e. The van der Waals surface area contributed by atoms with Crippen LogP contribution >= 0.6 is 0 Å². The van der Waals surface area contributed by atoms with Crippen molar-refractivity contribution >= 4 is 0 Å². The van der Waals surface area contributed by atoms with Crippen molar-refractivity contribution in [3.63, 3.8) is 0 Å². The van der Waals surface area contributed by atoms with Gasteiger partial charge in [-0.25, -0.2) is 0 Å². The average molecular weight is 349 g/mol. The first-order valence-corrected chi connectivity index (χ1v) is 9.19. The molecule has 1 spiro atoms. The first-order valence-electron chi connectivity index (χ1n) is 9.19. The molecule has 1 aromatic rings. The molecule has 1 N–H and O–H groups in total. The van der Waals surface area contributed by atoms with Crippen molar-refractivity contribution < 1.29 is 19.3 Å². The van der Waals surface area contributed by atoms with Crippen LogP contribution in [0.4, 0.5) is 0 Å². The fourth-order valence-electron chi connectivity index (χ4n) is 4.33. The Kier molecular flexibility index (Phi) is 5.68. The van der Waals surface area contributed by atoms with Crippen molar-refractivity contribution in [3.05, 3.63) is 29.3 Å². The van der Waals surface area contributed by atoms with E-state index in [1.165, 1.54) is 11.1 Å². The Bertz CT molecular complexity index is 579. The molecule has 0 aliphatic carbocycles. The molecule has 2 aliphatic rings. The Hall–Kier alpha value is -1.14. The summed E-state index contributed by atoms with van der Waals surface area (Å²) in [5.74, 6) is 0.939. The van der Waals surface area contributed by atoms with Crippen LogP contribution in [0.2, 0.25) is 0 Å². The molecule has 0 bridgehead atoms. The quantitative estimate of drug-likeness (QED) is 0.885. The van der Waals surface area contributed by atoms with Crippen LogP contribution in [-0.2, 0) is 16.0 Å². The molecule has 5 nitrogen and oxygen atoms in total. The second-order valence-electron chi connectivity index (χ2n) is 7.70. The molecule has 5 heteroatoms. The van der Waals surface area contributed by atoms with Crippen molar-refractivity contribution in [2.24, 2.45) is 0 Å². The fraction of sp³-hybridized carbons (Fsp3) is 0.700. The molecule has 140 valence electrons. The summed E-state index contributed by atoms with van der Waals surface area (Å²) in [5.41, 5.74) is 1.57. The highest BCUT2D eigenvalue weighted by Crippen LogP contribution is 2.40. The Labute approximate surface area is 150 Å². The third-order valence-corrected chi connectivity index (χ3v) is 5.67. The van der Waals surface area contributed by atoms with E-state index in [4.69, 9.17) is 14.2 Å². The van der Waals surface area contributed by atoms with Gasteiger partial charge in [0.25, 0.3) is 0 Å². The summed E-state index contributed by atoms with van der Waals surface area (Å²) in [5, 5.41) is 10.7. The van der Waals surface area contributed by atoms with E-state index in [9.17, 15) is 5.11 Å². The topological polar surface area (TPSA) is 51.2 Å². The molecule has 0 amide bonds. The molecule has 3 rings (SSSR count). The predicted octanol–water partition coefficient (Wildman–Crippen LogP) is 2.53. The lowest BCUT2D eigenvalue weighted by Gasteiger charge is -2.49. The lowest BCUT2D eigenvalue weighted by molar-refractivity contribution is -0.191. The number of rotatable bonds is 5. The average Bonchev–Trinajstić information content (AvgIpc) is 2.57. The van der Waals surface area contributed by atoms with Gasteiger partial charge in [0.05, 0.1) is 31.5 Å². The van der Waals surface area contributed by atoms with Gasteiger partial charge in [-0.2, -0.15) is 0 Å². The number of hydrogen-bond acceptors (Lipinski definition) is 5. The van der Waals surface area contributed by atoms with Crippen LogP contribution < -0.4 is 4.74 Å². The third kappa shape index (κ3) is 4.34. The maximum atomic E-state index is 10.7. The van der Waals surface area contributed by atoms with Crippen molar-refractivity contribution in [1.82, 2.24) is 4.90 Å². The van der Waals surface area contributed by atoms with Gasteiger partial charge in [0.1, 0.15) is 5.75 Å². The summed E-state index contributed by atoms with van der Waals surface area (Å²) < 4.78 is 16.7. The number of nitrogens with zero attached hydrogens (tertiary/aromatic N) is 1. The van der Waals surface area contributed by atoms with Gasteiger partial charge in [-0.3, -0.25) is 4.90 Å². The van der Waals surface area contributed by atoms with E-state index in [1.807, 2.05) is 6.07 Å². The molecule has 0 saturated carbocycles. The number of methoxy groups -OCH3 is 2. The van der Waals surface area contributed by atoms with Crippen LogP contribution in [0, 0.1) is 6.92 Å². The minimum atomic E-state index is -0.734. The zero-order valence-electron chi connectivity index (χ0n) is 15.7. The summed E-state index contributed by atoms with van der Waals surface area (Å²) in [4.78, 5) is 2.47. The zero-order chi connectivity index (χ0) is 17.9. The van der Waals surface area contributed by atoms with Gasteiger partial charge in [0.2, 0.25) is 0 Å². The van der Waals surface area contributed by atoms with Crippen LogP contribution in [0.15, 0.2) is 18.2 Å². The zero-order valence-corrected chi connectivity index (χ0v) is 15.7. The van der Waals surface area contributed by atoms with Gasteiger partial charge in [-0.1, -0.05) is 12.1 Å². The van der Waals surface area contributed by atoms with Gasteiger partial charge >= 0.3 is 0 Å². The van der Waals surface area contributed by atoms with Crippen molar-refractivity contribution in [1.29, 1.82) is 0 Å². The maximum absolute atomic E-state index is 10.7. The van der Waals surface area contributed by atoms with E-state index in [2.05, 4.69) is 24.0 Å². The minimum Gasteiger partial charge on any atom is -0.496 e. The second-order valence-corrected chi connectivity index (χ2v) is 7.70. The summed E-state index contributed by atoms with van der Waals surface area (Å²) in [7, 11) is 3.36. The second kappa shape index (κ2) is 7.62. The van der Waals surface area contributed by atoms with E-state index >= 15 is 0 Å². The van der Waals surface area contributed by atoms with Crippen molar-refractivity contribution in [3.8, 4) is 5.75 Å². The van der Waals surface area contributed by atoms with Crippen LogP contribution in [0.1, 0.15) is 36.8 Å². The highest BCUT2D eigenvalue weighted by Gasteiger charge is 2.46. The van der Waals surface area contributed by atoms with Gasteiger partial charge in [0.15, 0.2) is 0 Å². The summed E-state index contributed by atoms with van der Waals surface area (Å²) in [6.07, 6.45) is 3.28. The Morgan fingerprint density at radius 3 is 2.60 bits per heavy atom. The third-order valence-electron chi connectivity index (χ3n) is 5.67. The molecule has 1 unspecified atom stereocenters. The first kappa shape index (κ1) is 18.6. The lowest BCUT2D eigenvalue weighted by Crippen LogP contribution is -2.55. The molecule has 2 fully saturated rings. The number of piperidine rings is 1. The summed E-state index contributed by atoms with van der Waals surface area (Å²) >= 11 is 0. The molecule has 25 heavy (non-hydrogen) atoms. The number of aryl methyl sites for hydroxylation is 1. The Balaban J connectivity index is 1.57. The van der Waals surface area contributed by atoms with E-state index in [0.29, 0.717) is 26.1 Å². The normalized spacial score (nSPS) is 26.7. The van der Waals surface area contributed by atoms with Gasteiger partial charge in [-0.05, 0) is 37.0 Å². The van der Waals surface area contributed by atoms with Crippen molar-refractivity contribution in [2.75, 3.05) is 40.5 Å². The standard InChI is InChI=1S/C20H31NO4/c1-16-12-17(4-5-18(16)24-3)13-21-9-6-20(7-10-21)14-19(22,15-23-2)8-11-25-20/h4-5,12,22H,6-11,13-15H2,1-3H3. The summed E-state index contributed by atoms with van der Waals surface area (Å²) in [6.45, 7) is 6.04. The van der Waals surface area contributed by atoms with Crippen LogP contribution in [0.25, 0.3) is 0 Å². The highest BCUT2D eigenvalue weighted by atomic mass is 16.5. The monoisotopic (exact) mass is 349 g/mol. The SMILES string of the molecule is COCC1(O)CCOC2(CCN(Cc3ccc(OC)c(C)c3)CC2)C1. The smallest absolute Gasteiger partial charge is 0.121 e. The molecule has 2 heterocycles. The molecular weight excluding hydrogens is 318 g/mol. The molecule has 2 saturated heterocycles. The maximum Gasteiger partial charge on any atom is 0.121 e. The fourth-order valence-corrected chi connectivity index (χ4v) is 4.33. The number of benzene rings is 1. The van der Waals surface area contributed by atoms with E-state index in [1.54, 1.807) is 14.2 Å². The van der Waals surface area contributed by atoms with E-state index in [-0.39, 0.29) is 5.60 Å². The van der Waals surface area contributed by atoms with Crippen LogP contribution in [0.5, 0.6) is 5.75 Å². The highest BCUT2D eigenvalue weighted by molar-refractivity contribution is 5.36. The summed E-state index contributed by atoms with van der Waals surface area (Å²) in [6, 6.07) is 6.40. The number of hydrogen-bond donors (Lipinski definition) is 1. The van der Waals surface area contributed by atoms with E-state index in [0.717, 1.165) is 38.2 Å². The minimum absolute atomic E-state index is 0.183. The van der Waals surface area contributed by atoms with Gasteiger partial charge < -0.3 is 19.3 Å². The Morgan fingerprint density at radius 1 is 1.20 bits per heavy atom. The van der Waals surface area contributed by atoms with Gasteiger partial charge in [0, 0.05) is 39.6 Å². The molecular formula is C20H31NO4. The molecule has 2 aliphatic heterocycles. The van der Waals surface area contributed by atoms with Crippen LogP contribution in [0.3, 0.4) is 0 Å². The molecule has 1 atom stereocenters. The van der Waals surface area contributed by atoms with Crippen molar-refractivity contribution in [2.45, 2.75) is 50.4 Å². The van der Waals surface area contributed by atoms with E-state index < -0.39 is 5.60 Å². The number of ether oxygens (including phenoxy) is 3. The Morgan fingerprint density at radius 2 is 1.96 bits per heavy atom. The van der Waals surface area contributed by atoms with Gasteiger partial charge in [-0.15, -0.1) is 0 Å². The molecule has 1 aromatic carbocycles. The number of aliphatic hydroxyl groups is 1. The van der Waals surface area contributed by atoms with Crippen LogP contribution in [-0.4, -0.2) is 61.7 Å². The molecule has 0 radical (unpaired) electrons.